The highest BCUT2D eigenvalue weighted by Crippen LogP contribution is 2.27. The Morgan fingerprint density at radius 1 is 1.19 bits per heavy atom. The molecule has 0 spiro atoms. The molecule has 2 aromatic rings. The van der Waals surface area contributed by atoms with Crippen LogP contribution in [0.15, 0.2) is 28.7 Å². The van der Waals surface area contributed by atoms with Crippen LogP contribution in [0.3, 0.4) is 0 Å². The summed E-state index contributed by atoms with van der Waals surface area (Å²) in [4.78, 5) is 10.5. The molecule has 1 aliphatic heterocycles. The molecule has 0 atom stereocenters. The van der Waals surface area contributed by atoms with Crippen molar-refractivity contribution in [1.82, 2.24) is 9.97 Å². The fourth-order valence-corrected chi connectivity index (χ4v) is 4.61. The Morgan fingerprint density at radius 2 is 1.86 bits per heavy atom. The fourth-order valence-electron chi connectivity index (χ4n) is 2.10. The van der Waals surface area contributed by atoms with Crippen LogP contribution >= 0.6 is 22.9 Å². The van der Waals surface area contributed by atoms with Crippen LogP contribution in [0.25, 0.3) is 0 Å². The van der Waals surface area contributed by atoms with Gasteiger partial charge in [0.05, 0.1) is 22.4 Å². The number of nitrogens with zero attached hydrogens (tertiary/aromatic N) is 3. The van der Waals surface area contributed by atoms with Gasteiger partial charge in [-0.25, -0.2) is 18.4 Å². The number of hydrogen-bond donors (Lipinski definition) is 1. The van der Waals surface area contributed by atoms with E-state index >= 15 is 0 Å². The molecule has 0 amide bonds. The van der Waals surface area contributed by atoms with Gasteiger partial charge >= 0.3 is 0 Å². The summed E-state index contributed by atoms with van der Waals surface area (Å²) in [5.41, 5.74) is 0.336. The van der Waals surface area contributed by atoms with Crippen molar-refractivity contribution in [2.75, 3.05) is 22.7 Å². The van der Waals surface area contributed by atoms with E-state index in [0.29, 0.717) is 16.0 Å². The number of rotatable bonds is 4. The largest absolute Gasteiger partial charge is 0.341 e. The number of sulfonamides is 1. The highest BCUT2D eigenvalue weighted by atomic mass is 35.5. The van der Waals surface area contributed by atoms with E-state index in [1.165, 1.54) is 18.5 Å². The van der Waals surface area contributed by atoms with Crippen LogP contribution in [0.5, 0.6) is 0 Å². The summed E-state index contributed by atoms with van der Waals surface area (Å²) in [6.07, 6.45) is 5.23. The summed E-state index contributed by atoms with van der Waals surface area (Å²) < 4.78 is 27.3. The maximum atomic E-state index is 12.1. The standard InChI is InChI=1S/C12H13ClN4O2S2/c13-10-3-4-11(20-10)21(18,19)16-9-7-14-12(15-8-9)17-5-1-2-6-17/h3-4,7-8,16H,1-2,5-6H2. The van der Waals surface area contributed by atoms with E-state index in [1.807, 2.05) is 0 Å². The molecule has 0 bridgehead atoms. The molecule has 1 fully saturated rings. The minimum Gasteiger partial charge on any atom is -0.341 e. The zero-order valence-electron chi connectivity index (χ0n) is 11.0. The highest BCUT2D eigenvalue weighted by molar-refractivity contribution is 7.94. The van der Waals surface area contributed by atoms with Gasteiger partial charge in [-0.3, -0.25) is 4.72 Å². The number of halogens is 1. The Bertz CT molecular complexity index is 724. The van der Waals surface area contributed by atoms with Gasteiger partial charge in [0.2, 0.25) is 5.95 Å². The van der Waals surface area contributed by atoms with Gasteiger partial charge in [0.25, 0.3) is 10.0 Å². The molecule has 1 N–H and O–H groups in total. The Hall–Kier alpha value is -1.38. The monoisotopic (exact) mass is 344 g/mol. The second-order valence-corrected chi connectivity index (χ2v) is 8.25. The van der Waals surface area contributed by atoms with Gasteiger partial charge in [-0.15, -0.1) is 11.3 Å². The molecule has 1 saturated heterocycles. The third-order valence-corrected chi connectivity index (χ3v) is 6.20. The number of thiophene rings is 1. The highest BCUT2D eigenvalue weighted by Gasteiger charge is 2.18. The summed E-state index contributed by atoms with van der Waals surface area (Å²) >= 11 is 6.76. The van der Waals surface area contributed by atoms with Crippen molar-refractivity contribution in [2.45, 2.75) is 17.1 Å². The van der Waals surface area contributed by atoms with Crippen LogP contribution < -0.4 is 9.62 Å². The van der Waals surface area contributed by atoms with Gasteiger partial charge in [-0.2, -0.15) is 0 Å². The van der Waals surface area contributed by atoms with E-state index in [-0.39, 0.29) is 4.21 Å². The van der Waals surface area contributed by atoms with Gasteiger partial charge in [0.1, 0.15) is 4.21 Å². The topological polar surface area (TPSA) is 75.2 Å². The molecule has 9 heteroatoms. The molecule has 0 aliphatic carbocycles. The van der Waals surface area contributed by atoms with E-state index in [9.17, 15) is 8.42 Å². The second-order valence-electron chi connectivity index (χ2n) is 4.63. The Kier molecular flexibility index (Phi) is 4.01. The average molecular weight is 345 g/mol. The van der Waals surface area contributed by atoms with Crippen LogP contribution in [0.4, 0.5) is 11.6 Å². The van der Waals surface area contributed by atoms with Crippen LogP contribution in [0, 0.1) is 0 Å². The molecular weight excluding hydrogens is 332 g/mol. The molecule has 0 saturated carbocycles. The maximum Gasteiger partial charge on any atom is 0.271 e. The lowest BCUT2D eigenvalue weighted by Crippen LogP contribution is -2.20. The molecule has 0 unspecified atom stereocenters. The molecule has 21 heavy (non-hydrogen) atoms. The molecule has 0 aromatic carbocycles. The van der Waals surface area contributed by atoms with E-state index in [2.05, 4.69) is 19.6 Å². The van der Waals surface area contributed by atoms with Crippen molar-refractivity contribution in [2.24, 2.45) is 0 Å². The predicted molar refractivity (Wildman–Crippen MR) is 83.6 cm³/mol. The number of nitrogens with one attached hydrogen (secondary N) is 1. The van der Waals surface area contributed by atoms with Crippen LogP contribution in [0.1, 0.15) is 12.8 Å². The Labute approximate surface area is 131 Å². The van der Waals surface area contributed by atoms with Crippen molar-refractivity contribution < 1.29 is 8.42 Å². The van der Waals surface area contributed by atoms with Crippen molar-refractivity contribution >= 4 is 44.6 Å². The van der Waals surface area contributed by atoms with Crippen LogP contribution in [-0.2, 0) is 10.0 Å². The van der Waals surface area contributed by atoms with Crippen molar-refractivity contribution in [3.8, 4) is 0 Å². The second kappa shape index (κ2) is 5.78. The van der Waals surface area contributed by atoms with E-state index in [0.717, 1.165) is 37.3 Å². The Morgan fingerprint density at radius 3 is 2.43 bits per heavy atom. The van der Waals surface area contributed by atoms with Crippen molar-refractivity contribution in [1.29, 1.82) is 0 Å². The van der Waals surface area contributed by atoms with Gasteiger partial charge in [-0.1, -0.05) is 11.6 Å². The normalized spacial score (nSPS) is 15.4. The molecule has 3 rings (SSSR count). The third-order valence-electron chi connectivity index (χ3n) is 3.09. The third kappa shape index (κ3) is 3.28. The van der Waals surface area contributed by atoms with E-state index in [4.69, 9.17) is 11.6 Å². The molecule has 6 nitrogen and oxygen atoms in total. The van der Waals surface area contributed by atoms with Gasteiger partial charge in [0, 0.05) is 13.1 Å². The molecule has 2 aromatic heterocycles. The smallest absolute Gasteiger partial charge is 0.271 e. The van der Waals surface area contributed by atoms with Crippen molar-refractivity contribution in [3.63, 3.8) is 0 Å². The number of hydrogen-bond acceptors (Lipinski definition) is 6. The zero-order valence-corrected chi connectivity index (χ0v) is 13.4. The number of aromatic nitrogens is 2. The maximum absolute atomic E-state index is 12.1. The fraction of sp³-hybridized carbons (Fsp3) is 0.333. The molecule has 3 heterocycles. The Balaban J connectivity index is 1.75. The molecule has 112 valence electrons. The predicted octanol–water partition coefficient (Wildman–Crippen LogP) is 2.59. The summed E-state index contributed by atoms with van der Waals surface area (Å²) in [5.74, 6) is 0.634. The van der Waals surface area contributed by atoms with E-state index in [1.54, 1.807) is 6.07 Å². The molecular formula is C12H13ClN4O2S2. The minimum absolute atomic E-state index is 0.163. The van der Waals surface area contributed by atoms with Crippen molar-refractivity contribution in [3.05, 3.63) is 28.9 Å². The first-order valence-corrected chi connectivity index (χ1v) is 9.07. The summed E-state index contributed by atoms with van der Waals surface area (Å²) in [7, 11) is -3.63. The van der Waals surface area contributed by atoms with Crippen LogP contribution in [0.2, 0.25) is 4.34 Å². The lowest BCUT2D eigenvalue weighted by atomic mass is 10.4. The SMILES string of the molecule is O=S(=O)(Nc1cnc(N2CCCC2)nc1)c1ccc(Cl)s1. The summed E-state index contributed by atoms with van der Waals surface area (Å²) in [5, 5.41) is 0. The van der Waals surface area contributed by atoms with Gasteiger partial charge in [-0.05, 0) is 25.0 Å². The van der Waals surface area contributed by atoms with Crippen LogP contribution in [-0.4, -0.2) is 31.5 Å². The zero-order chi connectivity index (χ0) is 14.9. The quantitative estimate of drug-likeness (QED) is 0.922. The lowest BCUT2D eigenvalue weighted by molar-refractivity contribution is 0.603. The minimum atomic E-state index is -3.63. The van der Waals surface area contributed by atoms with Gasteiger partial charge < -0.3 is 4.90 Å². The van der Waals surface area contributed by atoms with E-state index < -0.39 is 10.0 Å². The first-order valence-electron chi connectivity index (χ1n) is 6.40. The lowest BCUT2D eigenvalue weighted by Gasteiger charge is -2.14. The summed E-state index contributed by atoms with van der Waals surface area (Å²) in [6, 6.07) is 3.02. The first kappa shape index (κ1) is 14.6. The summed E-state index contributed by atoms with van der Waals surface area (Å²) in [6.45, 7) is 1.89. The first-order chi connectivity index (χ1) is 10.0. The molecule has 1 aliphatic rings. The molecule has 0 radical (unpaired) electrons. The van der Waals surface area contributed by atoms with Gasteiger partial charge in [0.15, 0.2) is 0 Å². The average Bonchev–Trinajstić information content (AvgIpc) is 3.10. The number of anilines is 2.